The predicted octanol–water partition coefficient (Wildman–Crippen LogP) is 4.98. The summed E-state index contributed by atoms with van der Waals surface area (Å²) in [5.41, 5.74) is 0.238. The molecule has 2 heteroatoms. The Balaban J connectivity index is 3.09. The second kappa shape index (κ2) is 11.3. The minimum absolute atomic E-state index is 0.238. The molecule has 17 heavy (non-hydrogen) atoms. The minimum atomic E-state index is 0.238. The zero-order valence-corrected chi connectivity index (χ0v) is 12.9. The van der Waals surface area contributed by atoms with Crippen LogP contribution in [0.25, 0.3) is 0 Å². The second-order valence-electron chi connectivity index (χ2n) is 5.95. The molecule has 0 aromatic rings. The molecule has 0 unspecified atom stereocenters. The van der Waals surface area contributed by atoms with E-state index in [4.69, 9.17) is 11.6 Å². The maximum atomic E-state index is 5.88. The maximum Gasteiger partial charge on any atom is 0.0286 e. The first kappa shape index (κ1) is 17.2. The number of unbranched alkanes of at least 4 members (excludes halogenated alkanes) is 7. The van der Waals surface area contributed by atoms with Crippen molar-refractivity contribution >= 4 is 11.6 Å². The van der Waals surface area contributed by atoms with Crippen LogP contribution in [-0.2, 0) is 0 Å². The lowest BCUT2D eigenvalue weighted by Crippen LogP contribution is -2.31. The molecule has 0 aromatic carbocycles. The van der Waals surface area contributed by atoms with Gasteiger partial charge in [-0.1, -0.05) is 65.7 Å². The fraction of sp³-hybridized carbons (Fsp3) is 1.00. The first-order chi connectivity index (χ1) is 8.12. The van der Waals surface area contributed by atoms with Crippen molar-refractivity contribution in [3.8, 4) is 0 Å². The molecule has 0 radical (unpaired) electrons. The molecule has 0 saturated carbocycles. The Morgan fingerprint density at radius 2 is 1.41 bits per heavy atom. The summed E-state index contributed by atoms with van der Waals surface area (Å²) in [6.07, 6.45) is 11.1. The van der Waals surface area contributed by atoms with E-state index in [1.54, 1.807) is 0 Å². The van der Waals surface area contributed by atoms with Crippen molar-refractivity contribution in [3.63, 3.8) is 0 Å². The van der Waals surface area contributed by atoms with E-state index < -0.39 is 0 Å². The summed E-state index contributed by atoms with van der Waals surface area (Å²) in [7, 11) is 0. The number of alkyl halides is 1. The van der Waals surface area contributed by atoms with Crippen molar-refractivity contribution in [2.24, 2.45) is 5.41 Å². The van der Waals surface area contributed by atoms with E-state index >= 15 is 0 Å². The molecular formula is C15H32ClN. The van der Waals surface area contributed by atoms with E-state index in [-0.39, 0.29) is 5.41 Å². The number of nitrogens with one attached hydrogen (secondary N) is 1. The van der Waals surface area contributed by atoms with Gasteiger partial charge < -0.3 is 5.32 Å². The van der Waals surface area contributed by atoms with Gasteiger partial charge in [0.05, 0.1) is 0 Å². The van der Waals surface area contributed by atoms with E-state index in [2.05, 4.69) is 26.1 Å². The van der Waals surface area contributed by atoms with Crippen molar-refractivity contribution < 1.29 is 0 Å². The first-order valence-corrected chi connectivity index (χ1v) is 7.92. The van der Waals surface area contributed by atoms with Gasteiger partial charge in [-0.2, -0.15) is 0 Å². The molecule has 0 saturated heterocycles. The Morgan fingerprint density at radius 1 is 0.882 bits per heavy atom. The highest BCUT2D eigenvalue weighted by molar-refractivity contribution is 6.18. The Kier molecular flexibility index (Phi) is 11.5. The van der Waals surface area contributed by atoms with Crippen LogP contribution in [-0.4, -0.2) is 19.0 Å². The highest BCUT2D eigenvalue weighted by atomic mass is 35.5. The van der Waals surface area contributed by atoms with Crippen molar-refractivity contribution in [1.82, 2.24) is 5.32 Å². The predicted molar refractivity (Wildman–Crippen MR) is 80.0 cm³/mol. The van der Waals surface area contributed by atoms with Crippen LogP contribution in [0.2, 0.25) is 0 Å². The zero-order valence-electron chi connectivity index (χ0n) is 12.2. The molecule has 0 heterocycles. The molecule has 0 fully saturated rings. The van der Waals surface area contributed by atoms with Crippen molar-refractivity contribution in [1.29, 1.82) is 0 Å². The maximum absolute atomic E-state index is 5.88. The van der Waals surface area contributed by atoms with E-state index in [1.165, 1.54) is 51.4 Å². The fourth-order valence-electron chi connectivity index (χ4n) is 1.86. The second-order valence-corrected chi connectivity index (χ2v) is 6.22. The van der Waals surface area contributed by atoms with E-state index in [0.29, 0.717) is 0 Å². The largest absolute Gasteiger partial charge is 0.316 e. The highest BCUT2D eigenvalue weighted by Gasteiger charge is 2.14. The summed E-state index contributed by atoms with van der Waals surface area (Å²) >= 11 is 5.88. The summed E-state index contributed by atoms with van der Waals surface area (Å²) in [6.45, 7) is 8.87. The van der Waals surface area contributed by atoms with Crippen LogP contribution in [0.4, 0.5) is 0 Å². The average Bonchev–Trinajstić information content (AvgIpc) is 2.31. The third-order valence-corrected chi connectivity index (χ3v) is 3.90. The topological polar surface area (TPSA) is 12.0 Å². The van der Waals surface area contributed by atoms with Crippen molar-refractivity contribution in [2.45, 2.75) is 72.1 Å². The van der Waals surface area contributed by atoms with Crippen LogP contribution in [0.3, 0.4) is 0 Å². The van der Waals surface area contributed by atoms with Gasteiger partial charge in [0, 0.05) is 12.4 Å². The Bertz CT molecular complexity index is 157. The van der Waals surface area contributed by atoms with Gasteiger partial charge in [-0.05, 0) is 18.4 Å². The normalized spacial score (nSPS) is 12.0. The fourth-order valence-corrected chi connectivity index (χ4v) is 1.95. The molecule has 1 nitrogen and oxygen atoms in total. The molecule has 1 N–H and O–H groups in total. The van der Waals surface area contributed by atoms with Crippen molar-refractivity contribution in [2.75, 3.05) is 19.0 Å². The van der Waals surface area contributed by atoms with Gasteiger partial charge in [0.25, 0.3) is 0 Å². The van der Waals surface area contributed by atoms with Gasteiger partial charge in [0.15, 0.2) is 0 Å². The molecule has 0 atom stereocenters. The van der Waals surface area contributed by atoms with Gasteiger partial charge >= 0.3 is 0 Å². The van der Waals surface area contributed by atoms with Gasteiger partial charge in [-0.15, -0.1) is 11.6 Å². The summed E-state index contributed by atoms with van der Waals surface area (Å²) < 4.78 is 0. The van der Waals surface area contributed by atoms with Crippen molar-refractivity contribution in [3.05, 3.63) is 0 Å². The van der Waals surface area contributed by atoms with E-state index in [1.807, 2.05) is 0 Å². The van der Waals surface area contributed by atoms with Crippen LogP contribution in [0.5, 0.6) is 0 Å². The summed E-state index contributed by atoms with van der Waals surface area (Å²) in [6, 6.07) is 0. The van der Waals surface area contributed by atoms with Crippen LogP contribution >= 0.6 is 11.6 Å². The van der Waals surface area contributed by atoms with E-state index in [9.17, 15) is 0 Å². The first-order valence-electron chi connectivity index (χ1n) is 7.39. The zero-order chi connectivity index (χ0) is 13.0. The molecule has 0 aliphatic carbocycles. The van der Waals surface area contributed by atoms with E-state index in [0.717, 1.165) is 19.0 Å². The number of hydrogen-bond donors (Lipinski definition) is 1. The molecule has 0 amide bonds. The van der Waals surface area contributed by atoms with Gasteiger partial charge in [-0.3, -0.25) is 0 Å². The standard InChI is InChI=1S/C15H32ClN/c1-4-5-6-7-8-9-10-11-12-17-14-15(2,3)13-16/h17H,4-14H2,1-3H3. The van der Waals surface area contributed by atoms with Crippen LogP contribution < -0.4 is 5.32 Å². The summed E-state index contributed by atoms with van der Waals surface area (Å²) in [4.78, 5) is 0. The Labute approximate surface area is 114 Å². The van der Waals surface area contributed by atoms with Gasteiger partial charge in [0.1, 0.15) is 0 Å². The molecule has 0 aromatic heterocycles. The molecule has 0 aliphatic rings. The minimum Gasteiger partial charge on any atom is -0.316 e. The number of hydrogen-bond acceptors (Lipinski definition) is 1. The lowest BCUT2D eigenvalue weighted by Gasteiger charge is -2.21. The van der Waals surface area contributed by atoms with Gasteiger partial charge in [0.2, 0.25) is 0 Å². The quantitative estimate of drug-likeness (QED) is 0.386. The molecule has 0 rings (SSSR count). The third-order valence-electron chi connectivity index (χ3n) is 3.17. The van der Waals surface area contributed by atoms with Crippen LogP contribution in [0.15, 0.2) is 0 Å². The molecular weight excluding hydrogens is 230 g/mol. The van der Waals surface area contributed by atoms with Gasteiger partial charge in [-0.25, -0.2) is 0 Å². The number of halogens is 1. The molecule has 0 bridgehead atoms. The monoisotopic (exact) mass is 261 g/mol. The molecule has 0 aliphatic heterocycles. The average molecular weight is 262 g/mol. The molecule has 0 spiro atoms. The Morgan fingerprint density at radius 3 is 1.94 bits per heavy atom. The summed E-state index contributed by atoms with van der Waals surface area (Å²) in [5.74, 6) is 0.734. The Hall–Kier alpha value is 0.250. The number of rotatable bonds is 12. The lowest BCUT2D eigenvalue weighted by molar-refractivity contribution is 0.382. The summed E-state index contributed by atoms with van der Waals surface area (Å²) in [5, 5.41) is 3.50. The SMILES string of the molecule is CCCCCCCCCCNCC(C)(C)CCl. The highest BCUT2D eigenvalue weighted by Crippen LogP contribution is 2.15. The smallest absolute Gasteiger partial charge is 0.0286 e. The van der Waals surface area contributed by atoms with Crippen LogP contribution in [0, 0.1) is 5.41 Å². The van der Waals surface area contributed by atoms with Crippen LogP contribution in [0.1, 0.15) is 72.1 Å². The molecule has 104 valence electrons. The third kappa shape index (κ3) is 12.5. The lowest BCUT2D eigenvalue weighted by atomic mass is 9.96.